The number of aromatic nitrogens is 1. The monoisotopic (exact) mass is 299 g/mol. The molecule has 3 aromatic carbocycles. The van der Waals surface area contributed by atoms with E-state index in [-0.39, 0.29) is 5.41 Å². The molecule has 1 nitrogen and oxygen atoms in total. The van der Waals surface area contributed by atoms with E-state index in [1.807, 2.05) is 0 Å². The van der Waals surface area contributed by atoms with Gasteiger partial charge in [-0.3, -0.25) is 0 Å². The van der Waals surface area contributed by atoms with Crippen molar-refractivity contribution in [3.63, 3.8) is 0 Å². The van der Waals surface area contributed by atoms with Gasteiger partial charge in [0, 0.05) is 22.2 Å². The van der Waals surface area contributed by atoms with Gasteiger partial charge in [-0.25, -0.2) is 0 Å². The summed E-state index contributed by atoms with van der Waals surface area (Å²) in [4.78, 5) is 3.58. The summed E-state index contributed by atoms with van der Waals surface area (Å²) >= 11 is 0. The molecule has 1 aromatic heterocycles. The summed E-state index contributed by atoms with van der Waals surface area (Å²) in [5.41, 5.74) is 5.18. The predicted octanol–water partition coefficient (Wildman–Crippen LogP) is 6.29. The van der Waals surface area contributed by atoms with Crippen molar-refractivity contribution in [3.8, 4) is 11.3 Å². The third-order valence-electron chi connectivity index (χ3n) is 4.57. The molecule has 0 saturated heterocycles. The normalized spacial score (nSPS) is 12.1. The Morgan fingerprint density at radius 3 is 2.35 bits per heavy atom. The minimum Gasteiger partial charge on any atom is -0.355 e. The topological polar surface area (TPSA) is 15.8 Å². The van der Waals surface area contributed by atoms with E-state index >= 15 is 0 Å². The molecule has 1 heterocycles. The molecular weight excluding hydrogens is 278 g/mol. The second-order valence-corrected chi connectivity index (χ2v) is 7.26. The second-order valence-electron chi connectivity index (χ2n) is 7.26. The number of fused-ring (bicyclic) bond motifs is 2. The van der Waals surface area contributed by atoms with E-state index in [2.05, 4.69) is 92.5 Å². The number of nitrogens with one attached hydrogen (secondary N) is 1. The zero-order chi connectivity index (χ0) is 16.0. The van der Waals surface area contributed by atoms with Gasteiger partial charge in [0.05, 0.1) is 0 Å². The molecule has 0 saturated carbocycles. The summed E-state index contributed by atoms with van der Waals surface area (Å²) < 4.78 is 0. The molecular formula is C22H21N. The molecule has 23 heavy (non-hydrogen) atoms. The first-order valence-electron chi connectivity index (χ1n) is 8.14. The highest BCUT2D eigenvalue weighted by molar-refractivity contribution is 5.98. The lowest BCUT2D eigenvalue weighted by atomic mass is 9.86. The molecule has 0 spiro atoms. The summed E-state index contributed by atoms with van der Waals surface area (Å²) in [6, 6.07) is 24.0. The average Bonchev–Trinajstić information content (AvgIpc) is 2.96. The highest BCUT2D eigenvalue weighted by atomic mass is 14.7. The number of rotatable bonds is 1. The van der Waals surface area contributed by atoms with Crippen LogP contribution in [-0.2, 0) is 5.41 Å². The van der Waals surface area contributed by atoms with Gasteiger partial charge in [-0.2, -0.15) is 0 Å². The van der Waals surface area contributed by atoms with Gasteiger partial charge in [0.15, 0.2) is 0 Å². The van der Waals surface area contributed by atoms with E-state index in [0.29, 0.717) is 0 Å². The van der Waals surface area contributed by atoms with Gasteiger partial charge in [-0.1, -0.05) is 69.3 Å². The SMILES string of the molecule is CC(C)(C)c1ccc2[nH]c(-c3cccc4ccccc34)cc2c1. The molecule has 114 valence electrons. The lowest BCUT2D eigenvalue weighted by Gasteiger charge is -2.18. The fourth-order valence-electron chi connectivity index (χ4n) is 3.20. The Morgan fingerprint density at radius 1 is 0.739 bits per heavy atom. The Balaban J connectivity index is 1.92. The summed E-state index contributed by atoms with van der Waals surface area (Å²) in [6.45, 7) is 6.77. The first kappa shape index (κ1) is 14.1. The molecule has 0 radical (unpaired) electrons. The van der Waals surface area contributed by atoms with Crippen LogP contribution in [0.1, 0.15) is 26.3 Å². The smallest absolute Gasteiger partial charge is 0.0471 e. The van der Waals surface area contributed by atoms with Gasteiger partial charge < -0.3 is 4.98 Å². The number of hydrogen-bond acceptors (Lipinski definition) is 0. The van der Waals surface area contributed by atoms with E-state index in [4.69, 9.17) is 0 Å². The van der Waals surface area contributed by atoms with Crippen molar-refractivity contribution < 1.29 is 0 Å². The fourth-order valence-corrected chi connectivity index (χ4v) is 3.20. The van der Waals surface area contributed by atoms with Crippen molar-refractivity contribution in [2.24, 2.45) is 0 Å². The molecule has 0 aliphatic rings. The average molecular weight is 299 g/mol. The number of H-pyrrole nitrogens is 1. The van der Waals surface area contributed by atoms with Crippen LogP contribution in [0.5, 0.6) is 0 Å². The van der Waals surface area contributed by atoms with E-state index in [9.17, 15) is 0 Å². The van der Waals surface area contributed by atoms with Crippen LogP contribution in [0.2, 0.25) is 0 Å². The molecule has 0 aliphatic carbocycles. The van der Waals surface area contributed by atoms with Crippen LogP contribution >= 0.6 is 0 Å². The van der Waals surface area contributed by atoms with Gasteiger partial charge in [-0.05, 0) is 39.9 Å². The Kier molecular flexibility index (Phi) is 3.05. The van der Waals surface area contributed by atoms with E-state index < -0.39 is 0 Å². The van der Waals surface area contributed by atoms with E-state index in [0.717, 1.165) is 0 Å². The third-order valence-corrected chi connectivity index (χ3v) is 4.57. The molecule has 0 atom stereocenters. The van der Waals surface area contributed by atoms with Crippen LogP contribution < -0.4 is 0 Å². The summed E-state index contributed by atoms with van der Waals surface area (Å²) in [6.07, 6.45) is 0. The lowest BCUT2D eigenvalue weighted by Crippen LogP contribution is -2.10. The van der Waals surface area contributed by atoms with Gasteiger partial charge in [0.2, 0.25) is 0 Å². The Morgan fingerprint density at radius 2 is 1.52 bits per heavy atom. The van der Waals surface area contributed by atoms with Crippen LogP contribution in [0.3, 0.4) is 0 Å². The van der Waals surface area contributed by atoms with Gasteiger partial charge in [0.25, 0.3) is 0 Å². The lowest BCUT2D eigenvalue weighted by molar-refractivity contribution is 0.591. The first-order valence-corrected chi connectivity index (χ1v) is 8.14. The summed E-state index contributed by atoms with van der Waals surface area (Å²) in [5, 5.41) is 3.84. The maximum atomic E-state index is 3.58. The van der Waals surface area contributed by atoms with Crippen molar-refractivity contribution in [3.05, 3.63) is 72.3 Å². The highest BCUT2D eigenvalue weighted by Gasteiger charge is 2.15. The number of aromatic amines is 1. The number of hydrogen-bond donors (Lipinski definition) is 1. The molecule has 0 fully saturated rings. The Bertz CT molecular complexity index is 994. The maximum Gasteiger partial charge on any atom is 0.0471 e. The summed E-state index contributed by atoms with van der Waals surface area (Å²) in [5.74, 6) is 0. The molecule has 1 heteroatoms. The van der Waals surface area contributed by atoms with Gasteiger partial charge >= 0.3 is 0 Å². The van der Waals surface area contributed by atoms with Crippen molar-refractivity contribution in [2.45, 2.75) is 26.2 Å². The van der Waals surface area contributed by atoms with Crippen LogP contribution in [0.25, 0.3) is 32.9 Å². The standard InChI is InChI=1S/C22H21N/c1-22(2,3)17-11-12-20-16(13-17)14-21(23-20)19-10-6-8-15-7-4-5-9-18(15)19/h4-14,23H,1-3H3. The fraction of sp³-hybridized carbons (Fsp3) is 0.182. The maximum absolute atomic E-state index is 3.58. The van der Waals surface area contributed by atoms with Crippen LogP contribution in [-0.4, -0.2) is 4.98 Å². The Labute approximate surface area is 137 Å². The second kappa shape index (κ2) is 4.99. The molecule has 4 rings (SSSR count). The van der Waals surface area contributed by atoms with Gasteiger partial charge in [0.1, 0.15) is 0 Å². The van der Waals surface area contributed by atoms with Gasteiger partial charge in [-0.15, -0.1) is 0 Å². The number of benzene rings is 3. The summed E-state index contributed by atoms with van der Waals surface area (Å²) in [7, 11) is 0. The Hall–Kier alpha value is -2.54. The van der Waals surface area contributed by atoms with E-state index in [1.54, 1.807) is 0 Å². The highest BCUT2D eigenvalue weighted by Crippen LogP contribution is 2.32. The molecule has 0 unspecified atom stereocenters. The quantitative estimate of drug-likeness (QED) is 0.425. The predicted molar refractivity (Wildman–Crippen MR) is 99.9 cm³/mol. The van der Waals surface area contributed by atoms with Crippen LogP contribution in [0.15, 0.2) is 66.7 Å². The van der Waals surface area contributed by atoms with Crippen molar-refractivity contribution in [2.75, 3.05) is 0 Å². The zero-order valence-corrected chi connectivity index (χ0v) is 13.9. The first-order chi connectivity index (χ1) is 11.0. The molecule has 1 N–H and O–H groups in total. The largest absolute Gasteiger partial charge is 0.355 e. The van der Waals surface area contributed by atoms with Crippen molar-refractivity contribution in [1.29, 1.82) is 0 Å². The minimum atomic E-state index is 0.172. The van der Waals surface area contributed by atoms with Crippen LogP contribution in [0.4, 0.5) is 0 Å². The van der Waals surface area contributed by atoms with Crippen LogP contribution in [0, 0.1) is 0 Å². The van der Waals surface area contributed by atoms with E-state index in [1.165, 1.54) is 38.5 Å². The molecule has 0 bridgehead atoms. The van der Waals surface area contributed by atoms with Crippen molar-refractivity contribution >= 4 is 21.7 Å². The third kappa shape index (κ3) is 2.43. The molecule has 4 aromatic rings. The molecule has 0 aliphatic heterocycles. The minimum absolute atomic E-state index is 0.172. The zero-order valence-electron chi connectivity index (χ0n) is 13.9. The molecule has 0 amide bonds. The van der Waals surface area contributed by atoms with Crippen molar-refractivity contribution in [1.82, 2.24) is 4.98 Å².